The number of hydrogen-bond donors (Lipinski definition) is 2. The van der Waals surface area contributed by atoms with Crippen molar-refractivity contribution in [3.05, 3.63) is 59.2 Å². The van der Waals surface area contributed by atoms with Crippen LogP contribution >= 0.6 is 0 Å². The Labute approximate surface area is 173 Å². The van der Waals surface area contributed by atoms with Gasteiger partial charge in [0, 0.05) is 6.54 Å². The van der Waals surface area contributed by atoms with Gasteiger partial charge in [-0.3, -0.25) is 14.5 Å². The van der Waals surface area contributed by atoms with Crippen LogP contribution in [0.3, 0.4) is 0 Å². The average molecular weight is 407 g/mol. The van der Waals surface area contributed by atoms with Gasteiger partial charge in [-0.15, -0.1) is 0 Å². The third kappa shape index (κ3) is 2.96. The van der Waals surface area contributed by atoms with Gasteiger partial charge in [0.25, 0.3) is 5.91 Å². The highest BCUT2D eigenvalue weighted by Gasteiger charge is 2.54. The van der Waals surface area contributed by atoms with E-state index in [-0.39, 0.29) is 25.8 Å². The van der Waals surface area contributed by atoms with Gasteiger partial charge in [-0.1, -0.05) is 30.3 Å². The van der Waals surface area contributed by atoms with E-state index >= 15 is 0 Å². The Morgan fingerprint density at radius 3 is 2.87 bits per heavy atom. The summed E-state index contributed by atoms with van der Waals surface area (Å²) in [6.45, 7) is 0.119. The molecular formula is C22H21N3O5. The highest BCUT2D eigenvalue weighted by atomic mass is 16.7. The summed E-state index contributed by atoms with van der Waals surface area (Å²) in [6.07, 6.45) is 2.20. The standard InChI is InChI=1S/C22H21N3O5/c26-19(23-11-14-7-8-17-18(10-14)30-13-29-17)12-25-20(27)22(24-21(25)28)9-3-5-15-4-1-2-6-16(15)22/h1-2,4,6-8,10H,3,5,9,11-13H2,(H,23,26)(H,24,28)/t22-/m1/s1. The molecule has 30 heavy (non-hydrogen) atoms. The maximum Gasteiger partial charge on any atom is 0.325 e. The largest absolute Gasteiger partial charge is 0.454 e. The minimum Gasteiger partial charge on any atom is -0.454 e. The lowest BCUT2D eigenvalue weighted by atomic mass is 9.76. The van der Waals surface area contributed by atoms with Crippen molar-refractivity contribution in [3.63, 3.8) is 0 Å². The van der Waals surface area contributed by atoms with Crippen LogP contribution in [0.4, 0.5) is 4.79 Å². The number of benzene rings is 2. The Morgan fingerprint density at radius 1 is 1.13 bits per heavy atom. The van der Waals surface area contributed by atoms with Gasteiger partial charge in [0.05, 0.1) is 0 Å². The molecule has 1 fully saturated rings. The molecule has 8 nitrogen and oxygen atoms in total. The molecular weight excluding hydrogens is 386 g/mol. The van der Waals surface area contributed by atoms with Gasteiger partial charge < -0.3 is 20.1 Å². The minimum absolute atomic E-state index is 0.183. The van der Waals surface area contributed by atoms with Crippen LogP contribution in [0.15, 0.2) is 42.5 Å². The van der Waals surface area contributed by atoms with Crippen molar-refractivity contribution in [2.45, 2.75) is 31.3 Å². The van der Waals surface area contributed by atoms with Crippen LogP contribution in [0, 0.1) is 0 Å². The van der Waals surface area contributed by atoms with Crippen LogP contribution in [0.1, 0.15) is 29.5 Å². The number of aryl methyl sites for hydroxylation is 1. The zero-order valence-corrected chi connectivity index (χ0v) is 16.3. The van der Waals surface area contributed by atoms with Crippen LogP contribution in [0.2, 0.25) is 0 Å². The molecule has 2 N–H and O–H groups in total. The first-order valence-electron chi connectivity index (χ1n) is 9.94. The van der Waals surface area contributed by atoms with Gasteiger partial charge in [-0.25, -0.2) is 4.79 Å². The third-order valence-electron chi connectivity index (χ3n) is 5.88. The fourth-order valence-corrected chi connectivity index (χ4v) is 4.41. The second-order valence-electron chi connectivity index (χ2n) is 7.70. The van der Waals surface area contributed by atoms with Crippen molar-refractivity contribution < 1.29 is 23.9 Å². The van der Waals surface area contributed by atoms with Crippen LogP contribution in [-0.4, -0.2) is 36.1 Å². The summed E-state index contributed by atoms with van der Waals surface area (Å²) in [7, 11) is 0. The number of imide groups is 1. The van der Waals surface area contributed by atoms with Crippen LogP contribution in [0.25, 0.3) is 0 Å². The number of rotatable bonds is 4. The van der Waals surface area contributed by atoms with E-state index in [1.165, 1.54) is 0 Å². The number of amides is 4. The first-order valence-corrected chi connectivity index (χ1v) is 9.94. The summed E-state index contributed by atoms with van der Waals surface area (Å²) >= 11 is 0. The number of nitrogens with zero attached hydrogens (tertiary/aromatic N) is 1. The molecule has 1 saturated heterocycles. The first-order chi connectivity index (χ1) is 14.6. The molecule has 2 heterocycles. The number of fused-ring (bicyclic) bond motifs is 3. The van der Waals surface area contributed by atoms with Gasteiger partial charge in [0.1, 0.15) is 12.1 Å². The lowest BCUT2D eigenvalue weighted by Gasteiger charge is -2.33. The topological polar surface area (TPSA) is 97.0 Å². The quantitative estimate of drug-likeness (QED) is 0.754. The summed E-state index contributed by atoms with van der Waals surface area (Å²) in [4.78, 5) is 39.3. The third-order valence-corrected chi connectivity index (χ3v) is 5.88. The molecule has 0 saturated carbocycles. The molecule has 1 aliphatic carbocycles. The predicted octanol–water partition coefficient (Wildman–Crippen LogP) is 1.82. The van der Waals surface area contributed by atoms with Crippen molar-refractivity contribution in [1.29, 1.82) is 0 Å². The van der Waals surface area contributed by atoms with Crippen molar-refractivity contribution >= 4 is 17.8 Å². The molecule has 3 aliphatic rings. The molecule has 1 spiro atoms. The lowest BCUT2D eigenvalue weighted by Crippen LogP contribution is -2.47. The molecule has 0 bridgehead atoms. The van der Waals surface area contributed by atoms with Gasteiger partial charge >= 0.3 is 6.03 Å². The number of hydrogen-bond acceptors (Lipinski definition) is 5. The second-order valence-corrected chi connectivity index (χ2v) is 7.70. The maximum absolute atomic E-state index is 13.2. The molecule has 2 aliphatic heterocycles. The second kappa shape index (κ2) is 7.05. The molecule has 4 amide bonds. The van der Waals surface area contributed by atoms with E-state index in [9.17, 15) is 14.4 Å². The van der Waals surface area contributed by atoms with E-state index in [2.05, 4.69) is 10.6 Å². The Morgan fingerprint density at radius 2 is 1.97 bits per heavy atom. The Kier molecular flexibility index (Phi) is 4.34. The van der Waals surface area contributed by atoms with Crippen LogP contribution in [-0.2, 0) is 28.1 Å². The predicted molar refractivity (Wildman–Crippen MR) is 106 cm³/mol. The zero-order valence-electron chi connectivity index (χ0n) is 16.3. The molecule has 1 atom stereocenters. The molecule has 0 unspecified atom stereocenters. The van der Waals surface area contributed by atoms with Gasteiger partial charge in [0.2, 0.25) is 12.7 Å². The van der Waals surface area contributed by atoms with Crippen LogP contribution in [0.5, 0.6) is 11.5 Å². The summed E-state index contributed by atoms with van der Waals surface area (Å²) in [5.41, 5.74) is 1.66. The summed E-state index contributed by atoms with van der Waals surface area (Å²) in [5.74, 6) is 0.534. The Balaban J connectivity index is 1.27. The normalized spacial score (nSPS) is 21.5. The zero-order chi connectivity index (χ0) is 20.7. The fraction of sp³-hybridized carbons (Fsp3) is 0.318. The molecule has 0 aromatic heterocycles. The minimum atomic E-state index is -1.07. The molecule has 2 aromatic carbocycles. The van der Waals surface area contributed by atoms with E-state index in [0.29, 0.717) is 17.9 Å². The smallest absolute Gasteiger partial charge is 0.325 e. The maximum atomic E-state index is 13.2. The molecule has 8 heteroatoms. The lowest BCUT2D eigenvalue weighted by molar-refractivity contribution is -0.135. The number of nitrogens with one attached hydrogen (secondary N) is 2. The number of ether oxygens (including phenoxy) is 2. The highest BCUT2D eigenvalue weighted by Crippen LogP contribution is 2.39. The molecule has 2 aromatic rings. The Hall–Kier alpha value is -3.55. The van der Waals surface area contributed by atoms with Gasteiger partial charge in [-0.2, -0.15) is 0 Å². The van der Waals surface area contributed by atoms with Gasteiger partial charge in [0.15, 0.2) is 11.5 Å². The van der Waals surface area contributed by atoms with E-state index in [4.69, 9.17) is 9.47 Å². The number of urea groups is 1. The van der Waals surface area contributed by atoms with E-state index in [1.54, 1.807) is 12.1 Å². The van der Waals surface area contributed by atoms with Crippen molar-refractivity contribution in [2.24, 2.45) is 0 Å². The summed E-state index contributed by atoms with van der Waals surface area (Å²) in [6, 6.07) is 12.5. The highest BCUT2D eigenvalue weighted by molar-refractivity contribution is 6.09. The van der Waals surface area contributed by atoms with E-state index in [1.807, 2.05) is 30.3 Å². The van der Waals surface area contributed by atoms with Crippen molar-refractivity contribution in [3.8, 4) is 11.5 Å². The first kappa shape index (κ1) is 18.5. The van der Waals surface area contributed by atoms with Crippen molar-refractivity contribution in [2.75, 3.05) is 13.3 Å². The van der Waals surface area contributed by atoms with E-state index in [0.717, 1.165) is 34.4 Å². The fourth-order valence-electron chi connectivity index (χ4n) is 4.41. The average Bonchev–Trinajstić information content (AvgIpc) is 3.31. The number of carbonyl (C=O) groups is 3. The molecule has 5 rings (SSSR count). The number of carbonyl (C=O) groups excluding carboxylic acids is 3. The summed E-state index contributed by atoms with van der Waals surface area (Å²) in [5, 5.41) is 5.62. The Bertz CT molecular complexity index is 1050. The van der Waals surface area contributed by atoms with E-state index < -0.39 is 17.5 Å². The van der Waals surface area contributed by atoms with Crippen LogP contribution < -0.4 is 20.1 Å². The van der Waals surface area contributed by atoms with Crippen molar-refractivity contribution in [1.82, 2.24) is 15.5 Å². The molecule has 154 valence electrons. The van der Waals surface area contributed by atoms with Gasteiger partial charge in [-0.05, 0) is 48.1 Å². The summed E-state index contributed by atoms with van der Waals surface area (Å²) < 4.78 is 10.6. The molecule has 0 radical (unpaired) electrons. The SMILES string of the molecule is O=C(CN1C(=O)N[C@@]2(CCCc3ccccc32)C1=O)NCc1ccc2c(c1)OCO2. The monoisotopic (exact) mass is 407 g/mol.